The highest BCUT2D eigenvalue weighted by Crippen LogP contribution is 2.17. The van der Waals surface area contributed by atoms with Crippen molar-refractivity contribution in [3.63, 3.8) is 0 Å². The van der Waals surface area contributed by atoms with Crippen LogP contribution in [-0.4, -0.2) is 92.8 Å². The molecule has 0 atom stereocenters. The van der Waals surface area contributed by atoms with Crippen LogP contribution in [0.1, 0.15) is 6.92 Å². The Morgan fingerprint density at radius 3 is 2.00 bits per heavy atom. The zero-order chi connectivity index (χ0) is 18.4. The first-order valence-corrected chi connectivity index (χ1v) is 9.52. The summed E-state index contributed by atoms with van der Waals surface area (Å²) in [7, 11) is 0. The van der Waals surface area contributed by atoms with E-state index in [2.05, 4.69) is 14.7 Å². The second-order valence-electron chi connectivity index (χ2n) is 6.83. The fraction of sp³-hybridized carbons (Fsp3) is 0.632. The Morgan fingerprint density at radius 2 is 1.46 bits per heavy atom. The third-order valence-corrected chi connectivity index (χ3v) is 5.19. The number of hydrogen-bond donors (Lipinski definition) is 0. The van der Waals surface area contributed by atoms with Gasteiger partial charge in [0, 0.05) is 71.1 Å². The van der Waals surface area contributed by atoms with Crippen LogP contribution < -0.4 is 4.90 Å². The number of ether oxygens (including phenoxy) is 1. The predicted octanol–water partition coefficient (Wildman–Crippen LogP) is 1.72. The van der Waals surface area contributed by atoms with E-state index in [1.165, 1.54) is 12.1 Å². The van der Waals surface area contributed by atoms with Gasteiger partial charge in [0.15, 0.2) is 0 Å². The van der Waals surface area contributed by atoms with E-state index >= 15 is 0 Å². The lowest BCUT2D eigenvalue weighted by atomic mass is 10.2. The molecule has 0 aromatic heterocycles. The zero-order valence-corrected chi connectivity index (χ0v) is 15.6. The summed E-state index contributed by atoms with van der Waals surface area (Å²) in [6, 6.07) is 6.76. The van der Waals surface area contributed by atoms with Crippen molar-refractivity contribution in [2.45, 2.75) is 6.92 Å². The van der Waals surface area contributed by atoms with Gasteiger partial charge in [-0.15, -0.1) is 0 Å². The average Bonchev–Trinajstić information content (AvgIpc) is 2.68. The number of anilines is 1. The van der Waals surface area contributed by atoms with Crippen LogP contribution in [0, 0.1) is 5.82 Å². The normalized spacial score (nSPS) is 19.6. The van der Waals surface area contributed by atoms with Crippen molar-refractivity contribution in [1.29, 1.82) is 0 Å². The number of piperazine rings is 2. The summed E-state index contributed by atoms with van der Waals surface area (Å²) < 4.78 is 18.1. The first kappa shape index (κ1) is 18.9. The molecule has 144 valence electrons. The van der Waals surface area contributed by atoms with Gasteiger partial charge >= 0.3 is 6.09 Å². The van der Waals surface area contributed by atoms with Crippen LogP contribution in [0.4, 0.5) is 14.9 Å². The highest BCUT2D eigenvalue weighted by Gasteiger charge is 2.23. The number of rotatable bonds is 5. The van der Waals surface area contributed by atoms with E-state index in [1.807, 2.05) is 19.1 Å². The van der Waals surface area contributed by atoms with Gasteiger partial charge in [0.05, 0.1) is 6.61 Å². The molecule has 2 fully saturated rings. The van der Waals surface area contributed by atoms with Crippen molar-refractivity contribution < 1.29 is 13.9 Å². The molecule has 2 heterocycles. The van der Waals surface area contributed by atoms with Crippen molar-refractivity contribution in [1.82, 2.24) is 14.7 Å². The number of amides is 1. The summed E-state index contributed by atoms with van der Waals surface area (Å²) >= 11 is 0. The number of carbonyl (C=O) groups is 1. The monoisotopic (exact) mass is 364 g/mol. The minimum atomic E-state index is -0.191. The molecule has 0 spiro atoms. The highest BCUT2D eigenvalue weighted by molar-refractivity contribution is 5.67. The number of carbonyl (C=O) groups excluding carboxylic acids is 1. The number of nitrogens with zero attached hydrogens (tertiary/aromatic N) is 4. The van der Waals surface area contributed by atoms with Crippen LogP contribution in [0.25, 0.3) is 0 Å². The molecule has 1 amide bonds. The smallest absolute Gasteiger partial charge is 0.409 e. The third kappa shape index (κ3) is 5.08. The van der Waals surface area contributed by atoms with E-state index in [-0.39, 0.29) is 11.9 Å². The Kier molecular flexibility index (Phi) is 6.68. The van der Waals surface area contributed by atoms with Crippen molar-refractivity contribution in [2.75, 3.05) is 77.0 Å². The standard InChI is InChI=1S/C19H29FN4O2/c1-2-26-19(25)24-15-11-22(12-16-24)8-7-21-9-13-23(14-10-21)18-5-3-17(20)4-6-18/h3-6H,2,7-16H2,1H3. The summed E-state index contributed by atoms with van der Waals surface area (Å²) in [4.78, 5) is 20.7. The van der Waals surface area contributed by atoms with Crippen LogP contribution >= 0.6 is 0 Å². The molecule has 2 aliphatic rings. The first-order valence-electron chi connectivity index (χ1n) is 9.52. The first-order chi connectivity index (χ1) is 12.7. The van der Waals surface area contributed by atoms with Crippen molar-refractivity contribution in [3.05, 3.63) is 30.1 Å². The molecule has 0 bridgehead atoms. The molecule has 2 aliphatic heterocycles. The molecule has 0 N–H and O–H groups in total. The minimum absolute atomic E-state index is 0.185. The van der Waals surface area contributed by atoms with Crippen molar-refractivity contribution >= 4 is 11.8 Å². The molecule has 1 aromatic carbocycles. The summed E-state index contributed by atoms with van der Waals surface area (Å²) in [6.07, 6.45) is -0.191. The molecule has 0 radical (unpaired) electrons. The van der Waals surface area contributed by atoms with Gasteiger partial charge < -0.3 is 14.5 Å². The van der Waals surface area contributed by atoms with Crippen LogP contribution in [0.3, 0.4) is 0 Å². The molecule has 3 rings (SSSR count). The van der Waals surface area contributed by atoms with E-state index in [9.17, 15) is 9.18 Å². The van der Waals surface area contributed by atoms with Crippen LogP contribution in [-0.2, 0) is 4.74 Å². The molecular formula is C19H29FN4O2. The molecule has 0 aliphatic carbocycles. The van der Waals surface area contributed by atoms with Crippen molar-refractivity contribution in [3.8, 4) is 0 Å². The summed E-state index contributed by atoms with van der Waals surface area (Å²) in [6.45, 7) is 11.7. The molecule has 1 aromatic rings. The maximum absolute atomic E-state index is 13.0. The zero-order valence-electron chi connectivity index (χ0n) is 15.6. The van der Waals surface area contributed by atoms with Crippen LogP contribution in [0.15, 0.2) is 24.3 Å². The van der Waals surface area contributed by atoms with Gasteiger partial charge in [-0.05, 0) is 31.2 Å². The lowest BCUT2D eigenvalue weighted by Gasteiger charge is -2.38. The van der Waals surface area contributed by atoms with E-state index in [0.29, 0.717) is 6.61 Å². The molecule has 6 nitrogen and oxygen atoms in total. The second kappa shape index (κ2) is 9.19. The Labute approximate surface area is 155 Å². The summed E-state index contributed by atoms with van der Waals surface area (Å²) in [5, 5.41) is 0. The Balaban J connectivity index is 1.34. The lowest BCUT2D eigenvalue weighted by Crippen LogP contribution is -2.52. The Bertz CT molecular complexity index is 567. The molecule has 7 heteroatoms. The highest BCUT2D eigenvalue weighted by atomic mass is 19.1. The predicted molar refractivity (Wildman–Crippen MR) is 100 cm³/mol. The van der Waals surface area contributed by atoms with Gasteiger partial charge in [-0.2, -0.15) is 0 Å². The van der Waals surface area contributed by atoms with Crippen LogP contribution in [0.2, 0.25) is 0 Å². The minimum Gasteiger partial charge on any atom is -0.450 e. The van der Waals surface area contributed by atoms with E-state index in [4.69, 9.17) is 4.74 Å². The maximum Gasteiger partial charge on any atom is 0.409 e. The van der Waals surface area contributed by atoms with E-state index in [0.717, 1.165) is 71.1 Å². The van der Waals surface area contributed by atoms with Crippen molar-refractivity contribution in [2.24, 2.45) is 0 Å². The average molecular weight is 364 g/mol. The van der Waals surface area contributed by atoms with E-state index in [1.54, 1.807) is 4.90 Å². The number of hydrogen-bond acceptors (Lipinski definition) is 5. The molecule has 0 saturated carbocycles. The van der Waals surface area contributed by atoms with Crippen LogP contribution in [0.5, 0.6) is 0 Å². The lowest BCUT2D eigenvalue weighted by molar-refractivity contribution is 0.0760. The van der Waals surface area contributed by atoms with E-state index < -0.39 is 0 Å². The van der Waals surface area contributed by atoms with Gasteiger partial charge in [0.2, 0.25) is 0 Å². The Hall–Kier alpha value is -1.86. The molecule has 26 heavy (non-hydrogen) atoms. The fourth-order valence-electron chi connectivity index (χ4n) is 3.53. The topological polar surface area (TPSA) is 39.3 Å². The summed E-state index contributed by atoms with van der Waals surface area (Å²) in [5.41, 5.74) is 1.10. The Morgan fingerprint density at radius 1 is 0.923 bits per heavy atom. The number of benzene rings is 1. The quantitative estimate of drug-likeness (QED) is 0.796. The molecular weight excluding hydrogens is 335 g/mol. The maximum atomic E-state index is 13.0. The van der Waals surface area contributed by atoms with Gasteiger partial charge in [-0.1, -0.05) is 0 Å². The van der Waals surface area contributed by atoms with Gasteiger partial charge in [-0.3, -0.25) is 9.80 Å². The SMILES string of the molecule is CCOC(=O)N1CCN(CCN2CCN(c3ccc(F)cc3)CC2)CC1. The number of halogens is 1. The second-order valence-corrected chi connectivity index (χ2v) is 6.83. The third-order valence-electron chi connectivity index (χ3n) is 5.19. The van der Waals surface area contributed by atoms with Gasteiger partial charge in [-0.25, -0.2) is 9.18 Å². The molecule has 2 saturated heterocycles. The largest absolute Gasteiger partial charge is 0.450 e. The van der Waals surface area contributed by atoms with Gasteiger partial charge in [0.25, 0.3) is 0 Å². The fourth-order valence-corrected chi connectivity index (χ4v) is 3.53. The summed E-state index contributed by atoms with van der Waals surface area (Å²) in [5.74, 6) is -0.185. The van der Waals surface area contributed by atoms with Gasteiger partial charge in [0.1, 0.15) is 5.82 Å². The molecule has 0 unspecified atom stereocenters.